The average molecular weight is 470 g/mol. The Morgan fingerprint density at radius 1 is 0.939 bits per heavy atom. The summed E-state index contributed by atoms with van der Waals surface area (Å²) in [6.07, 6.45) is 9.63. The van der Waals surface area contributed by atoms with Crippen molar-refractivity contribution in [2.75, 3.05) is 24.4 Å². The van der Waals surface area contributed by atoms with E-state index in [4.69, 9.17) is 0 Å². The van der Waals surface area contributed by atoms with Gasteiger partial charge >= 0.3 is 0 Å². The summed E-state index contributed by atoms with van der Waals surface area (Å²) in [7, 11) is -3.79. The maximum atomic E-state index is 13.0. The lowest BCUT2D eigenvalue weighted by atomic mass is 9.79. The van der Waals surface area contributed by atoms with Crippen molar-refractivity contribution in [3.8, 4) is 0 Å². The predicted octanol–water partition coefficient (Wildman–Crippen LogP) is 4.71. The minimum atomic E-state index is -3.79. The lowest BCUT2D eigenvalue weighted by Gasteiger charge is -2.48. The zero-order valence-electron chi connectivity index (χ0n) is 19.5. The van der Waals surface area contributed by atoms with Crippen molar-refractivity contribution in [2.24, 2.45) is 0 Å². The van der Waals surface area contributed by atoms with Gasteiger partial charge in [-0.25, -0.2) is 8.42 Å². The fourth-order valence-electron chi connectivity index (χ4n) is 5.17. The van der Waals surface area contributed by atoms with E-state index in [9.17, 15) is 13.2 Å². The van der Waals surface area contributed by atoms with Crippen LogP contribution in [0, 0.1) is 6.92 Å². The molecule has 0 spiro atoms. The molecule has 0 unspecified atom stereocenters. The number of hydrogen-bond donors (Lipinski definition) is 2. The molecule has 178 valence electrons. The Kier molecular flexibility index (Phi) is 7.39. The van der Waals surface area contributed by atoms with Crippen LogP contribution in [0.5, 0.6) is 0 Å². The van der Waals surface area contributed by atoms with E-state index >= 15 is 0 Å². The van der Waals surface area contributed by atoms with Gasteiger partial charge in [0.15, 0.2) is 0 Å². The number of aryl methyl sites for hydroxylation is 1. The van der Waals surface area contributed by atoms with E-state index in [1.165, 1.54) is 50.7 Å². The van der Waals surface area contributed by atoms with Crippen LogP contribution in [-0.4, -0.2) is 44.4 Å². The van der Waals surface area contributed by atoms with Crippen LogP contribution in [0.2, 0.25) is 0 Å². The minimum absolute atomic E-state index is 0.0328. The van der Waals surface area contributed by atoms with Crippen LogP contribution in [0.1, 0.15) is 67.3 Å². The average Bonchev–Trinajstić information content (AvgIpc) is 2.85. The Labute approximate surface area is 197 Å². The first kappa shape index (κ1) is 23.8. The van der Waals surface area contributed by atoms with Gasteiger partial charge in [-0.05, 0) is 76.0 Å². The van der Waals surface area contributed by atoms with E-state index in [0.717, 1.165) is 31.5 Å². The summed E-state index contributed by atoms with van der Waals surface area (Å²) >= 11 is 0. The molecule has 1 aliphatic heterocycles. The molecule has 1 heterocycles. The van der Waals surface area contributed by atoms with Crippen LogP contribution in [0.15, 0.2) is 53.4 Å². The van der Waals surface area contributed by atoms with Crippen LogP contribution >= 0.6 is 0 Å². The molecule has 0 radical (unpaired) electrons. The lowest BCUT2D eigenvalue weighted by Crippen LogP contribution is -2.58. The molecule has 2 fully saturated rings. The third kappa shape index (κ3) is 5.76. The fraction of sp³-hybridized carbons (Fsp3) is 0.500. The van der Waals surface area contributed by atoms with Crippen molar-refractivity contribution < 1.29 is 13.2 Å². The Morgan fingerprint density at radius 2 is 1.61 bits per heavy atom. The molecule has 1 saturated carbocycles. The van der Waals surface area contributed by atoms with Crippen molar-refractivity contribution in [1.29, 1.82) is 0 Å². The van der Waals surface area contributed by atoms with Gasteiger partial charge in [-0.15, -0.1) is 0 Å². The number of carbonyl (C=O) groups is 1. The van der Waals surface area contributed by atoms with Crippen molar-refractivity contribution in [3.63, 3.8) is 0 Å². The second-order valence-electron chi connectivity index (χ2n) is 9.51. The SMILES string of the molecule is Cc1ccc(NS(=O)(=O)c2cccc(C(=O)NCC3(N4CCCCC4)CCCCC3)c2)cc1. The van der Waals surface area contributed by atoms with E-state index in [1.54, 1.807) is 24.3 Å². The maximum absolute atomic E-state index is 13.0. The van der Waals surface area contributed by atoms with Gasteiger partial charge in [-0.2, -0.15) is 0 Å². The van der Waals surface area contributed by atoms with Crippen LogP contribution in [0.25, 0.3) is 0 Å². The first-order valence-electron chi connectivity index (χ1n) is 12.1. The number of benzene rings is 2. The Bertz CT molecular complexity index is 1050. The molecule has 33 heavy (non-hydrogen) atoms. The van der Waals surface area contributed by atoms with Crippen molar-refractivity contribution >= 4 is 21.6 Å². The minimum Gasteiger partial charge on any atom is -0.350 e. The molecule has 7 heteroatoms. The van der Waals surface area contributed by atoms with Crippen molar-refractivity contribution in [1.82, 2.24) is 10.2 Å². The number of nitrogens with one attached hydrogen (secondary N) is 2. The van der Waals surface area contributed by atoms with Gasteiger partial charge in [-0.3, -0.25) is 14.4 Å². The van der Waals surface area contributed by atoms with Gasteiger partial charge < -0.3 is 5.32 Å². The first-order valence-corrected chi connectivity index (χ1v) is 13.6. The summed E-state index contributed by atoms with van der Waals surface area (Å²) < 4.78 is 28.3. The summed E-state index contributed by atoms with van der Waals surface area (Å²) in [4.78, 5) is 15.7. The summed E-state index contributed by atoms with van der Waals surface area (Å²) in [5.41, 5.74) is 1.95. The standard InChI is InChI=1S/C26H35N3O3S/c1-21-11-13-23(14-12-21)28-33(31,32)24-10-8-9-22(19-24)25(30)27-20-26(15-4-2-5-16-26)29-17-6-3-7-18-29/h8-14,19,28H,2-7,15-18,20H2,1H3,(H,27,30). The fourth-order valence-corrected chi connectivity index (χ4v) is 6.27. The summed E-state index contributed by atoms with van der Waals surface area (Å²) in [6, 6.07) is 13.4. The summed E-state index contributed by atoms with van der Waals surface area (Å²) in [6.45, 7) is 4.77. The number of amides is 1. The molecular formula is C26H35N3O3S. The van der Waals surface area contributed by atoms with Gasteiger partial charge in [0.2, 0.25) is 0 Å². The molecular weight excluding hydrogens is 434 g/mol. The van der Waals surface area contributed by atoms with Crippen molar-refractivity contribution in [2.45, 2.75) is 68.7 Å². The van der Waals surface area contributed by atoms with Crippen LogP contribution in [-0.2, 0) is 10.0 Å². The van der Waals surface area contributed by atoms with E-state index in [1.807, 2.05) is 19.1 Å². The highest BCUT2D eigenvalue weighted by molar-refractivity contribution is 7.92. The summed E-state index contributed by atoms with van der Waals surface area (Å²) in [5.74, 6) is -0.218. The van der Waals surface area contributed by atoms with Gasteiger partial charge in [-0.1, -0.05) is 49.4 Å². The highest BCUT2D eigenvalue weighted by Crippen LogP contribution is 2.35. The zero-order chi connectivity index (χ0) is 23.3. The molecule has 0 bridgehead atoms. The number of anilines is 1. The zero-order valence-corrected chi connectivity index (χ0v) is 20.3. The van der Waals surface area contributed by atoms with Crippen molar-refractivity contribution in [3.05, 3.63) is 59.7 Å². The molecule has 1 aliphatic carbocycles. The highest BCUT2D eigenvalue weighted by Gasteiger charge is 2.38. The summed E-state index contributed by atoms with van der Waals surface area (Å²) in [5, 5.41) is 3.15. The topological polar surface area (TPSA) is 78.5 Å². The van der Waals surface area contributed by atoms with Crippen LogP contribution in [0.3, 0.4) is 0 Å². The number of likely N-dealkylation sites (tertiary alicyclic amines) is 1. The van der Waals surface area contributed by atoms with Gasteiger partial charge in [0.1, 0.15) is 0 Å². The number of nitrogens with zero attached hydrogens (tertiary/aromatic N) is 1. The third-order valence-electron chi connectivity index (χ3n) is 7.10. The number of rotatable bonds is 7. The van der Waals surface area contributed by atoms with Gasteiger partial charge in [0, 0.05) is 23.3 Å². The maximum Gasteiger partial charge on any atom is 0.261 e. The van der Waals surface area contributed by atoms with E-state index in [2.05, 4.69) is 14.9 Å². The second kappa shape index (κ2) is 10.3. The molecule has 6 nitrogen and oxygen atoms in total. The van der Waals surface area contributed by atoms with Gasteiger partial charge in [0.05, 0.1) is 4.90 Å². The molecule has 2 aliphatic rings. The third-order valence-corrected chi connectivity index (χ3v) is 8.48. The molecule has 2 aromatic rings. The molecule has 1 saturated heterocycles. The van der Waals surface area contributed by atoms with E-state index < -0.39 is 10.0 Å². The van der Waals surface area contributed by atoms with E-state index in [-0.39, 0.29) is 16.3 Å². The van der Waals surface area contributed by atoms with Crippen LogP contribution in [0.4, 0.5) is 5.69 Å². The monoisotopic (exact) mass is 469 g/mol. The van der Waals surface area contributed by atoms with Crippen LogP contribution < -0.4 is 10.0 Å². The molecule has 1 amide bonds. The molecule has 0 atom stereocenters. The quantitative estimate of drug-likeness (QED) is 0.615. The predicted molar refractivity (Wildman–Crippen MR) is 132 cm³/mol. The van der Waals surface area contributed by atoms with E-state index in [0.29, 0.717) is 17.8 Å². The molecule has 2 N–H and O–H groups in total. The van der Waals surface area contributed by atoms with Gasteiger partial charge in [0.25, 0.3) is 15.9 Å². The number of carbonyl (C=O) groups excluding carboxylic acids is 1. The Hall–Kier alpha value is -2.38. The number of sulfonamides is 1. The lowest BCUT2D eigenvalue weighted by molar-refractivity contribution is 0.0326. The molecule has 0 aromatic heterocycles. The Morgan fingerprint density at radius 3 is 2.30 bits per heavy atom. The molecule has 4 rings (SSSR count). The second-order valence-corrected chi connectivity index (χ2v) is 11.2. The highest BCUT2D eigenvalue weighted by atomic mass is 32.2. The smallest absolute Gasteiger partial charge is 0.261 e. The Balaban J connectivity index is 1.46. The normalized spacial score (nSPS) is 19.1. The largest absolute Gasteiger partial charge is 0.350 e. The number of hydrogen-bond acceptors (Lipinski definition) is 4. The molecule has 2 aromatic carbocycles. The number of piperidine rings is 1. The first-order chi connectivity index (χ1) is 15.9.